The average molecular weight is 120 g/mol. The van der Waals surface area contributed by atoms with Gasteiger partial charge in [-0.25, -0.2) is 0 Å². The maximum atomic E-state index is 9.30. The summed E-state index contributed by atoms with van der Waals surface area (Å²) in [6.07, 6.45) is 0. The SMILES string of the molecule is [Mg+2].[O-]S1([O-])OO1. The van der Waals surface area contributed by atoms with Crippen molar-refractivity contribution in [3.05, 3.63) is 0 Å². The van der Waals surface area contributed by atoms with Crippen LogP contribution in [0.15, 0.2) is 0 Å². The van der Waals surface area contributed by atoms with Crippen LogP contribution >= 0.6 is 11.2 Å². The molecule has 1 fully saturated rings. The van der Waals surface area contributed by atoms with E-state index in [0.29, 0.717) is 0 Å². The summed E-state index contributed by atoms with van der Waals surface area (Å²) in [5.41, 5.74) is 0. The van der Waals surface area contributed by atoms with Crippen molar-refractivity contribution in [3.8, 4) is 0 Å². The van der Waals surface area contributed by atoms with Crippen molar-refractivity contribution in [2.45, 2.75) is 0 Å². The van der Waals surface area contributed by atoms with E-state index in [1.807, 2.05) is 0 Å². The Morgan fingerprint density at radius 3 is 1.33 bits per heavy atom. The molecule has 0 aromatic heterocycles. The van der Waals surface area contributed by atoms with Crippen LogP contribution in [0.2, 0.25) is 0 Å². The van der Waals surface area contributed by atoms with Gasteiger partial charge in [0, 0.05) is 0 Å². The molecule has 0 aliphatic carbocycles. The van der Waals surface area contributed by atoms with E-state index < -0.39 is 11.2 Å². The summed E-state index contributed by atoms with van der Waals surface area (Å²) >= 11 is -3.42. The summed E-state index contributed by atoms with van der Waals surface area (Å²) in [7, 11) is 0. The molecule has 0 spiro atoms. The van der Waals surface area contributed by atoms with Crippen LogP contribution in [0.4, 0.5) is 0 Å². The van der Waals surface area contributed by atoms with E-state index >= 15 is 0 Å². The predicted octanol–water partition coefficient (Wildman–Crippen LogP) is -0.537. The molecule has 0 N–H and O–H groups in total. The molecule has 6 heteroatoms. The van der Waals surface area contributed by atoms with Gasteiger partial charge in [-0.3, -0.25) is 0 Å². The fourth-order valence-electron chi connectivity index (χ4n) is 0.0227. The average Bonchev–Trinajstić information content (AvgIpc) is 1.76. The van der Waals surface area contributed by atoms with Crippen LogP contribution in [0, 0.1) is 0 Å². The van der Waals surface area contributed by atoms with Crippen molar-refractivity contribution in [1.82, 2.24) is 0 Å². The van der Waals surface area contributed by atoms with Crippen LogP contribution in [0.5, 0.6) is 0 Å². The first-order valence-corrected chi connectivity index (χ1v) is 2.17. The van der Waals surface area contributed by atoms with Crippen LogP contribution < -0.4 is 0 Å². The standard InChI is InChI=1S/Mg.H2O4S/c;1-5(2)3-4-5/h;1-2H/q+2;/p-2. The molecule has 1 saturated heterocycles. The number of rotatable bonds is 0. The molecule has 0 bridgehead atoms. The van der Waals surface area contributed by atoms with Crippen molar-refractivity contribution in [1.29, 1.82) is 0 Å². The molecule has 0 amide bonds. The van der Waals surface area contributed by atoms with E-state index in [2.05, 4.69) is 8.67 Å². The van der Waals surface area contributed by atoms with Gasteiger partial charge in [0.2, 0.25) is 0 Å². The summed E-state index contributed by atoms with van der Waals surface area (Å²) < 4.78 is 25.3. The van der Waals surface area contributed by atoms with E-state index in [-0.39, 0.29) is 23.1 Å². The van der Waals surface area contributed by atoms with E-state index in [1.165, 1.54) is 0 Å². The maximum Gasteiger partial charge on any atom is 2.00 e. The number of hydrogen-bond acceptors (Lipinski definition) is 4. The van der Waals surface area contributed by atoms with E-state index in [4.69, 9.17) is 0 Å². The minimum absolute atomic E-state index is 0. The fraction of sp³-hybridized carbons (Fsp3) is 0. The van der Waals surface area contributed by atoms with Gasteiger partial charge in [0.15, 0.2) is 0 Å². The first-order chi connectivity index (χ1) is 2.21. The summed E-state index contributed by atoms with van der Waals surface area (Å²) in [5, 5.41) is 0. The molecule has 1 heterocycles. The van der Waals surface area contributed by atoms with Crippen LogP contribution in [-0.2, 0) is 8.67 Å². The molecule has 6 heavy (non-hydrogen) atoms. The Bertz CT molecular complexity index is 45.5. The van der Waals surface area contributed by atoms with Gasteiger partial charge in [-0.15, -0.1) is 0 Å². The van der Waals surface area contributed by atoms with Gasteiger partial charge in [0.25, 0.3) is 0 Å². The second-order valence-electron chi connectivity index (χ2n) is 0.544. The van der Waals surface area contributed by atoms with Crippen molar-refractivity contribution >= 4 is 34.2 Å². The molecule has 0 aromatic carbocycles. The maximum absolute atomic E-state index is 9.30. The minimum Gasteiger partial charge on any atom is -0.779 e. The zero-order chi connectivity index (χ0) is 3.91. The molecular weight excluding hydrogens is 120 g/mol. The normalized spacial score (nSPS) is 30.3. The third-order valence-electron chi connectivity index (χ3n) is 0.179. The Balaban J connectivity index is 0.000000250. The largest absolute Gasteiger partial charge is 2.00 e. The Kier molecular flexibility index (Phi) is 2.11. The van der Waals surface area contributed by atoms with Gasteiger partial charge in [-0.1, -0.05) is 11.2 Å². The van der Waals surface area contributed by atoms with Crippen molar-refractivity contribution in [2.75, 3.05) is 0 Å². The molecule has 0 aromatic rings. The van der Waals surface area contributed by atoms with Gasteiger partial charge in [-0.05, 0) is 0 Å². The monoisotopic (exact) mass is 120 g/mol. The van der Waals surface area contributed by atoms with Gasteiger partial charge in [0.05, 0.1) is 0 Å². The minimum atomic E-state index is -3.42. The molecule has 0 unspecified atom stereocenters. The third-order valence-corrected chi connectivity index (χ3v) is 0.537. The second-order valence-corrected chi connectivity index (χ2v) is 1.63. The smallest absolute Gasteiger partial charge is 0.779 e. The fourth-order valence-corrected chi connectivity index (χ4v) is 0.204. The Morgan fingerprint density at radius 1 is 1.17 bits per heavy atom. The molecule has 4 nitrogen and oxygen atoms in total. The van der Waals surface area contributed by atoms with Gasteiger partial charge < -0.3 is 9.11 Å². The van der Waals surface area contributed by atoms with E-state index in [0.717, 1.165) is 0 Å². The molecular formula is MgO4S. The van der Waals surface area contributed by atoms with Crippen molar-refractivity contribution < 1.29 is 17.8 Å². The summed E-state index contributed by atoms with van der Waals surface area (Å²) in [6.45, 7) is 0. The molecule has 1 rings (SSSR count). The zero-order valence-corrected chi connectivity index (χ0v) is 4.98. The quantitative estimate of drug-likeness (QED) is 0.245. The Labute approximate surface area is 52.3 Å². The summed E-state index contributed by atoms with van der Waals surface area (Å²) in [5.74, 6) is 0. The molecule has 0 saturated carbocycles. The zero-order valence-electron chi connectivity index (χ0n) is 2.75. The first-order valence-electron chi connectivity index (χ1n) is 0.833. The van der Waals surface area contributed by atoms with Crippen LogP contribution in [0.25, 0.3) is 0 Å². The Morgan fingerprint density at radius 2 is 1.33 bits per heavy atom. The van der Waals surface area contributed by atoms with Crippen LogP contribution in [0.3, 0.4) is 0 Å². The first kappa shape index (κ1) is 6.96. The molecule has 1 aliphatic heterocycles. The van der Waals surface area contributed by atoms with Gasteiger partial charge >= 0.3 is 23.1 Å². The van der Waals surface area contributed by atoms with Gasteiger partial charge in [0.1, 0.15) is 0 Å². The van der Waals surface area contributed by atoms with Crippen molar-refractivity contribution in [2.24, 2.45) is 0 Å². The van der Waals surface area contributed by atoms with Gasteiger partial charge in [-0.2, -0.15) is 8.67 Å². The number of hydrogen-bond donors (Lipinski definition) is 0. The Hall–Kier alpha value is 0.956. The van der Waals surface area contributed by atoms with E-state index in [9.17, 15) is 9.11 Å². The third kappa shape index (κ3) is 2.19. The van der Waals surface area contributed by atoms with Crippen molar-refractivity contribution in [3.63, 3.8) is 0 Å². The summed E-state index contributed by atoms with van der Waals surface area (Å²) in [4.78, 5) is 0. The summed E-state index contributed by atoms with van der Waals surface area (Å²) in [6, 6.07) is 0. The van der Waals surface area contributed by atoms with Crippen LogP contribution in [-0.4, -0.2) is 32.2 Å². The topological polar surface area (TPSA) is 71.2 Å². The molecule has 1 aliphatic rings. The molecule has 0 radical (unpaired) electrons. The predicted molar refractivity (Wildman–Crippen MR) is 17.1 cm³/mol. The van der Waals surface area contributed by atoms with E-state index in [1.54, 1.807) is 0 Å². The second kappa shape index (κ2) is 1.82. The van der Waals surface area contributed by atoms with Crippen LogP contribution in [0.1, 0.15) is 0 Å². The molecule has 0 atom stereocenters. The molecule has 32 valence electrons.